The van der Waals surface area contributed by atoms with Gasteiger partial charge in [-0.05, 0) is 0 Å². The van der Waals surface area contributed by atoms with E-state index >= 15 is 0 Å². The molecule has 0 fully saturated rings. The molecular weight excluding hydrogens is 166 g/mol. The molecule has 0 atom stereocenters. The normalized spacial score (nSPS) is 12.4. The first-order chi connectivity index (χ1) is 4.92. The SMILES string of the molecule is CC(C)NCCOS(C)(=O)=O. The molecule has 0 heterocycles. The van der Waals surface area contributed by atoms with E-state index < -0.39 is 10.1 Å². The summed E-state index contributed by atoms with van der Waals surface area (Å²) in [5, 5.41) is 3.03. The molecule has 0 aliphatic rings. The molecule has 0 aromatic carbocycles. The topological polar surface area (TPSA) is 55.4 Å². The molecule has 0 radical (unpaired) electrons. The van der Waals surface area contributed by atoms with Gasteiger partial charge in [-0.15, -0.1) is 0 Å². The van der Waals surface area contributed by atoms with Crippen LogP contribution in [-0.2, 0) is 14.3 Å². The van der Waals surface area contributed by atoms with E-state index in [2.05, 4.69) is 9.50 Å². The number of nitrogens with one attached hydrogen (secondary N) is 1. The molecule has 0 saturated heterocycles. The van der Waals surface area contributed by atoms with Crippen LogP contribution in [0.25, 0.3) is 0 Å². The minimum atomic E-state index is -3.26. The molecule has 0 aromatic rings. The van der Waals surface area contributed by atoms with Crippen molar-refractivity contribution in [2.75, 3.05) is 19.4 Å². The van der Waals surface area contributed by atoms with Gasteiger partial charge in [-0.2, -0.15) is 8.42 Å². The fraction of sp³-hybridized carbons (Fsp3) is 1.00. The van der Waals surface area contributed by atoms with E-state index in [4.69, 9.17) is 0 Å². The van der Waals surface area contributed by atoms with Crippen LogP contribution in [0.5, 0.6) is 0 Å². The van der Waals surface area contributed by atoms with E-state index in [9.17, 15) is 8.42 Å². The zero-order valence-corrected chi connectivity index (χ0v) is 7.94. The first-order valence-electron chi connectivity index (χ1n) is 3.49. The molecule has 0 saturated carbocycles. The van der Waals surface area contributed by atoms with Crippen LogP contribution in [0.2, 0.25) is 0 Å². The van der Waals surface area contributed by atoms with Crippen molar-refractivity contribution in [1.29, 1.82) is 0 Å². The monoisotopic (exact) mass is 181 g/mol. The summed E-state index contributed by atoms with van der Waals surface area (Å²) in [5.74, 6) is 0. The Bertz CT molecular complexity index is 186. The quantitative estimate of drug-likeness (QED) is 0.477. The van der Waals surface area contributed by atoms with E-state index in [1.165, 1.54) is 0 Å². The molecule has 0 spiro atoms. The molecule has 0 aliphatic carbocycles. The highest BCUT2D eigenvalue weighted by atomic mass is 32.2. The second kappa shape index (κ2) is 4.69. The summed E-state index contributed by atoms with van der Waals surface area (Å²) in [6.07, 6.45) is 1.04. The van der Waals surface area contributed by atoms with Gasteiger partial charge in [-0.25, -0.2) is 0 Å². The van der Waals surface area contributed by atoms with Gasteiger partial charge < -0.3 is 5.32 Å². The van der Waals surface area contributed by atoms with Crippen LogP contribution in [0, 0.1) is 0 Å². The Balaban J connectivity index is 3.30. The number of hydrogen-bond acceptors (Lipinski definition) is 4. The maximum atomic E-state index is 10.4. The summed E-state index contributed by atoms with van der Waals surface area (Å²) in [5.41, 5.74) is 0. The van der Waals surface area contributed by atoms with Crippen LogP contribution < -0.4 is 5.32 Å². The van der Waals surface area contributed by atoms with Crippen LogP contribution in [0.15, 0.2) is 0 Å². The van der Waals surface area contributed by atoms with E-state index in [0.29, 0.717) is 12.6 Å². The molecule has 0 amide bonds. The average Bonchev–Trinajstić information content (AvgIpc) is 1.78. The Kier molecular flexibility index (Phi) is 4.63. The zero-order valence-electron chi connectivity index (χ0n) is 7.12. The van der Waals surface area contributed by atoms with E-state index in [0.717, 1.165) is 6.26 Å². The Morgan fingerprint density at radius 2 is 2.00 bits per heavy atom. The summed E-state index contributed by atoms with van der Waals surface area (Å²) in [4.78, 5) is 0. The van der Waals surface area contributed by atoms with Crippen molar-refractivity contribution in [3.63, 3.8) is 0 Å². The first-order valence-corrected chi connectivity index (χ1v) is 5.31. The Labute approximate surface area is 68.1 Å². The second-order valence-corrected chi connectivity index (χ2v) is 4.28. The van der Waals surface area contributed by atoms with Crippen molar-refractivity contribution >= 4 is 10.1 Å². The predicted molar refractivity (Wildman–Crippen MR) is 43.9 cm³/mol. The van der Waals surface area contributed by atoms with Crippen LogP contribution in [-0.4, -0.2) is 33.9 Å². The molecule has 5 heteroatoms. The van der Waals surface area contributed by atoms with E-state index in [1.54, 1.807) is 0 Å². The highest BCUT2D eigenvalue weighted by molar-refractivity contribution is 7.85. The van der Waals surface area contributed by atoms with Crippen molar-refractivity contribution in [2.45, 2.75) is 19.9 Å². The van der Waals surface area contributed by atoms with Crippen LogP contribution >= 0.6 is 0 Å². The largest absolute Gasteiger partial charge is 0.312 e. The van der Waals surface area contributed by atoms with Crippen molar-refractivity contribution in [3.8, 4) is 0 Å². The highest BCUT2D eigenvalue weighted by Crippen LogP contribution is 1.84. The van der Waals surface area contributed by atoms with Crippen molar-refractivity contribution in [3.05, 3.63) is 0 Å². The van der Waals surface area contributed by atoms with Crippen LogP contribution in [0.3, 0.4) is 0 Å². The van der Waals surface area contributed by atoms with Crippen LogP contribution in [0.1, 0.15) is 13.8 Å². The lowest BCUT2D eigenvalue weighted by Crippen LogP contribution is -2.27. The number of hydrogen-bond donors (Lipinski definition) is 1. The van der Waals surface area contributed by atoms with Gasteiger partial charge in [0.1, 0.15) is 0 Å². The van der Waals surface area contributed by atoms with E-state index in [1.807, 2.05) is 13.8 Å². The van der Waals surface area contributed by atoms with Gasteiger partial charge in [0.25, 0.3) is 10.1 Å². The number of rotatable bonds is 5. The summed E-state index contributed by atoms with van der Waals surface area (Å²) in [7, 11) is -3.26. The molecule has 0 unspecified atom stereocenters. The highest BCUT2D eigenvalue weighted by Gasteiger charge is 2.00. The van der Waals surface area contributed by atoms with Gasteiger partial charge in [0.15, 0.2) is 0 Å². The minimum Gasteiger partial charge on any atom is -0.312 e. The van der Waals surface area contributed by atoms with Gasteiger partial charge >= 0.3 is 0 Å². The molecule has 0 aliphatic heterocycles. The molecule has 4 nitrogen and oxygen atoms in total. The lowest BCUT2D eigenvalue weighted by atomic mass is 10.4. The van der Waals surface area contributed by atoms with Gasteiger partial charge in [-0.1, -0.05) is 13.8 Å². The summed E-state index contributed by atoms with van der Waals surface area (Å²) in [6.45, 7) is 4.74. The Morgan fingerprint density at radius 3 is 2.36 bits per heavy atom. The molecular formula is C6H15NO3S. The van der Waals surface area contributed by atoms with Gasteiger partial charge in [-0.3, -0.25) is 4.18 Å². The van der Waals surface area contributed by atoms with Crippen molar-refractivity contribution in [1.82, 2.24) is 5.32 Å². The fourth-order valence-electron chi connectivity index (χ4n) is 0.541. The summed E-state index contributed by atoms with van der Waals surface area (Å²) < 4.78 is 25.3. The predicted octanol–water partition coefficient (Wildman–Crippen LogP) is -0.0394. The molecule has 0 rings (SSSR count). The third-order valence-electron chi connectivity index (χ3n) is 0.952. The summed E-state index contributed by atoms with van der Waals surface area (Å²) in [6, 6.07) is 0.359. The summed E-state index contributed by atoms with van der Waals surface area (Å²) >= 11 is 0. The van der Waals surface area contributed by atoms with Gasteiger partial charge in [0, 0.05) is 12.6 Å². The lowest BCUT2D eigenvalue weighted by Gasteiger charge is -2.06. The van der Waals surface area contributed by atoms with Gasteiger partial charge in [0.05, 0.1) is 12.9 Å². The Hall–Kier alpha value is -0.130. The maximum absolute atomic E-state index is 10.4. The van der Waals surface area contributed by atoms with Crippen molar-refractivity contribution < 1.29 is 12.6 Å². The Morgan fingerprint density at radius 1 is 1.45 bits per heavy atom. The van der Waals surface area contributed by atoms with Gasteiger partial charge in [0.2, 0.25) is 0 Å². The van der Waals surface area contributed by atoms with Crippen molar-refractivity contribution in [2.24, 2.45) is 0 Å². The third-order valence-corrected chi connectivity index (χ3v) is 1.55. The third kappa shape index (κ3) is 9.87. The molecule has 11 heavy (non-hydrogen) atoms. The lowest BCUT2D eigenvalue weighted by molar-refractivity contribution is 0.313. The molecule has 0 aromatic heterocycles. The van der Waals surface area contributed by atoms with E-state index in [-0.39, 0.29) is 6.61 Å². The van der Waals surface area contributed by atoms with Crippen LogP contribution in [0.4, 0.5) is 0 Å². The smallest absolute Gasteiger partial charge is 0.264 e. The zero-order chi connectivity index (χ0) is 8.91. The maximum Gasteiger partial charge on any atom is 0.264 e. The molecule has 68 valence electrons. The second-order valence-electron chi connectivity index (χ2n) is 2.63. The molecule has 1 N–H and O–H groups in total. The first kappa shape index (κ1) is 10.9. The molecule has 0 bridgehead atoms. The average molecular weight is 181 g/mol. The minimum absolute atomic E-state index is 0.205. The standard InChI is InChI=1S/C6H15NO3S/c1-6(2)7-4-5-10-11(3,8)9/h6-7H,4-5H2,1-3H3. The fourth-order valence-corrected chi connectivity index (χ4v) is 0.927.